The third-order valence-electron chi connectivity index (χ3n) is 3.07. The van der Waals surface area contributed by atoms with E-state index in [9.17, 15) is 14.0 Å². The van der Waals surface area contributed by atoms with E-state index in [0.717, 1.165) is 0 Å². The topological polar surface area (TPSA) is 58.6 Å². The lowest BCUT2D eigenvalue weighted by molar-refractivity contribution is -0.124. The van der Waals surface area contributed by atoms with Crippen LogP contribution in [-0.4, -0.2) is 43.1 Å². The second kappa shape index (κ2) is 5.69. The molecule has 1 aliphatic heterocycles. The first kappa shape index (κ1) is 13.3. The molecule has 0 saturated carbocycles. The van der Waals surface area contributed by atoms with Crippen molar-refractivity contribution in [3.8, 4) is 0 Å². The van der Waals surface area contributed by atoms with Crippen LogP contribution in [0.2, 0.25) is 0 Å². The Morgan fingerprint density at radius 1 is 1.53 bits per heavy atom. The molecule has 1 aromatic rings. The number of carbonyl (C=O) groups excluding carboxylic acids is 2. The molecule has 5 nitrogen and oxygen atoms in total. The molecule has 1 fully saturated rings. The van der Waals surface area contributed by atoms with Gasteiger partial charge in [-0.15, -0.1) is 0 Å². The Bertz CT molecular complexity index is 493. The summed E-state index contributed by atoms with van der Waals surface area (Å²) in [5, 5.41) is 2.67. The summed E-state index contributed by atoms with van der Waals surface area (Å²) in [4.78, 5) is 24.1. The number of cyclic esters (lactones) is 1. The zero-order valence-electron chi connectivity index (χ0n) is 10.6. The van der Waals surface area contributed by atoms with Gasteiger partial charge in [0.1, 0.15) is 18.5 Å². The van der Waals surface area contributed by atoms with Crippen molar-refractivity contribution in [1.29, 1.82) is 0 Å². The fourth-order valence-corrected chi connectivity index (χ4v) is 1.88. The molecule has 6 heteroatoms. The Balaban J connectivity index is 1.82. The van der Waals surface area contributed by atoms with Crippen molar-refractivity contribution in [3.05, 3.63) is 35.6 Å². The van der Waals surface area contributed by atoms with Crippen molar-refractivity contribution in [1.82, 2.24) is 10.2 Å². The van der Waals surface area contributed by atoms with Crippen LogP contribution in [0.25, 0.3) is 0 Å². The lowest BCUT2D eigenvalue weighted by Crippen LogP contribution is -2.44. The number of rotatable bonds is 4. The van der Waals surface area contributed by atoms with Gasteiger partial charge in [0.15, 0.2) is 0 Å². The maximum Gasteiger partial charge on any atom is 0.410 e. The molecule has 1 heterocycles. The number of carbonyl (C=O) groups is 2. The number of amides is 2. The highest BCUT2D eigenvalue weighted by Gasteiger charge is 2.34. The molecular weight excluding hydrogens is 251 g/mol. The van der Waals surface area contributed by atoms with Gasteiger partial charge in [0.25, 0.3) is 0 Å². The number of benzene rings is 1. The Hall–Kier alpha value is -2.11. The number of nitrogens with zero attached hydrogens (tertiary/aromatic N) is 1. The van der Waals surface area contributed by atoms with E-state index in [2.05, 4.69) is 5.32 Å². The standard InChI is InChI=1S/C13H15FN2O3/c1-16-11(8-19-13(16)18)12(17)15-7-6-9-4-2-3-5-10(9)14/h2-5,11H,6-8H2,1H3,(H,15,17). The van der Waals surface area contributed by atoms with Gasteiger partial charge in [-0.3, -0.25) is 9.69 Å². The Morgan fingerprint density at radius 3 is 2.89 bits per heavy atom. The highest BCUT2D eigenvalue weighted by atomic mass is 19.1. The molecule has 1 aromatic carbocycles. The van der Waals surface area contributed by atoms with Crippen LogP contribution in [0.15, 0.2) is 24.3 Å². The summed E-state index contributed by atoms with van der Waals surface area (Å²) in [5.74, 6) is -0.571. The van der Waals surface area contributed by atoms with E-state index in [1.165, 1.54) is 18.0 Å². The smallest absolute Gasteiger partial charge is 0.410 e. The predicted octanol–water partition coefficient (Wildman–Crippen LogP) is 0.935. The minimum Gasteiger partial charge on any atom is -0.447 e. The average molecular weight is 266 g/mol. The monoisotopic (exact) mass is 266 g/mol. The van der Waals surface area contributed by atoms with Crippen molar-refractivity contribution in [2.24, 2.45) is 0 Å². The van der Waals surface area contributed by atoms with Crippen LogP contribution in [-0.2, 0) is 16.0 Å². The Morgan fingerprint density at radius 2 is 2.26 bits per heavy atom. The van der Waals surface area contributed by atoms with Crippen molar-refractivity contribution in [2.45, 2.75) is 12.5 Å². The van der Waals surface area contributed by atoms with Gasteiger partial charge in [-0.1, -0.05) is 18.2 Å². The number of halogens is 1. The maximum absolute atomic E-state index is 13.3. The largest absolute Gasteiger partial charge is 0.447 e. The molecule has 0 bridgehead atoms. The van der Waals surface area contributed by atoms with Crippen LogP contribution in [0.1, 0.15) is 5.56 Å². The fraction of sp³-hybridized carbons (Fsp3) is 0.385. The predicted molar refractivity (Wildman–Crippen MR) is 66.0 cm³/mol. The van der Waals surface area contributed by atoms with Gasteiger partial charge in [-0.05, 0) is 18.1 Å². The van der Waals surface area contributed by atoms with Crippen LogP contribution in [0.3, 0.4) is 0 Å². The van der Waals surface area contributed by atoms with Gasteiger partial charge in [0, 0.05) is 13.6 Å². The van der Waals surface area contributed by atoms with Crippen molar-refractivity contribution in [2.75, 3.05) is 20.2 Å². The summed E-state index contributed by atoms with van der Waals surface area (Å²) >= 11 is 0. The lowest BCUT2D eigenvalue weighted by Gasteiger charge is -2.15. The SMILES string of the molecule is CN1C(=O)OCC1C(=O)NCCc1ccccc1F. The summed E-state index contributed by atoms with van der Waals surface area (Å²) < 4.78 is 18.1. The van der Waals surface area contributed by atoms with Gasteiger partial charge >= 0.3 is 6.09 Å². The summed E-state index contributed by atoms with van der Waals surface area (Å²) in [5.41, 5.74) is 0.551. The Labute approximate surface area is 110 Å². The molecule has 1 unspecified atom stereocenters. The number of ether oxygens (including phenoxy) is 1. The first-order valence-corrected chi connectivity index (χ1v) is 6.00. The van der Waals surface area contributed by atoms with Gasteiger partial charge < -0.3 is 10.1 Å². The van der Waals surface area contributed by atoms with E-state index in [1.807, 2.05) is 0 Å². The van der Waals surface area contributed by atoms with Crippen molar-refractivity contribution >= 4 is 12.0 Å². The van der Waals surface area contributed by atoms with E-state index >= 15 is 0 Å². The molecule has 19 heavy (non-hydrogen) atoms. The van der Waals surface area contributed by atoms with Crippen LogP contribution in [0.5, 0.6) is 0 Å². The van der Waals surface area contributed by atoms with E-state index in [1.54, 1.807) is 18.2 Å². The molecular formula is C13H15FN2O3. The van der Waals surface area contributed by atoms with Crippen LogP contribution in [0.4, 0.5) is 9.18 Å². The third kappa shape index (κ3) is 3.01. The highest BCUT2D eigenvalue weighted by molar-refractivity contribution is 5.87. The summed E-state index contributed by atoms with van der Waals surface area (Å²) in [6.07, 6.45) is -0.0989. The number of likely N-dealkylation sites (N-methyl/N-ethyl adjacent to an activating group) is 1. The van der Waals surface area contributed by atoms with Crippen LogP contribution in [0, 0.1) is 5.82 Å². The second-order valence-corrected chi connectivity index (χ2v) is 4.34. The van der Waals surface area contributed by atoms with Gasteiger partial charge in [0.05, 0.1) is 0 Å². The summed E-state index contributed by atoms with van der Waals surface area (Å²) in [6.45, 7) is 0.374. The van der Waals surface area contributed by atoms with E-state index in [4.69, 9.17) is 4.74 Å². The quantitative estimate of drug-likeness (QED) is 0.882. The molecule has 1 aliphatic rings. The van der Waals surface area contributed by atoms with Crippen molar-refractivity contribution < 1.29 is 18.7 Å². The molecule has 0 aliphatic carbocycles. The number of hydrogen-bond donors (Lipinski definition) is 1. The molecule has 0 spiro atoms. The first-order valence-electron chi connectivity index (χ1n) is 6.00. The van der Waals surface area contributed by atoms with Crippen LogP contribution >= 0.6 is 0 Å². The normalized spacial score (nSPS) is 18.3. The molecule has 2 amide bonds. The molecule has 102 valence electrons. The van der Waals surface area contributed by atoms with Gasteiger partial charge in [-0.25, -0.2) is 9.18 Å². The molecule has 0 aromatic heterocycles. The molecule has 1 atom stereocenters. The molecule has 1 saturated heterocycles. The summed E-state index contributed by atoms with van der Waals surface area (Å²) in [7, 11) is 1.51. The minimum absolute atomic E-state index is 0.0564. The lowest BCUT2D eigenvalue weighted by atomic mass is 10.1. The zero-order valence-corrected chi connectivity index (χ0v) is 10.6. The fourth-order valence-electron chi connectivity index (χ4n) is 1.88. The first-order chi connectivity index (χ1) is 9.09. The third-order valence-corrected chi connectivity index (χ3v) is 3.07. The number of nitrogens with one attached hydrogen (secondary N) is 1. The van der Waals surface area contributed by atoms with Gasteiger partial charge in [-0.2, -0.15) is 0 Å². The Kier molecular flexibility index (Phi) is 3.99. The minimum atomic E-state index is -0.604. The maximum atomic E-state index is 13.3. The van der Waals surface area contributed by atoms with Crippen LogP contribution < -0.4 is 5.32 Å². The average Bonchev–Trinajstić information content (AvgIpc) is 2.72. The molecule has 1 N–H and O–H groups in total. The van der Waals surface area contributed by atoms with E-state index < -0.39 is 12.1 Å². The van der Waals surface area contributed by atoms with Crippen molar-refractivity contribution in [3.63, 3.8) is 0 Å². The van der Waals surface area contributed by atoms with Gasteiger partial charge in [0.2, 0.25) is 5.91 Å². The highest BCUT2D eigenvalue weighted by Crippen LogP contribution is 2.10. The number of hydrogen-bond acceptors (Lipinski definition) is 3. The van der Waals surface area contributed by atoms with E-state index in [-0.39, 0.29) is 18.3 Å². The van der Waals surface area contributed by atoms with E-state index in [0.29, 0.717) is 18.5 Å². The second-order valence-electron chi connectivity index (χ2n) is 4.34. The molecule has 0 radical (unpaired) electrons. The zero-order chi connectivity index (χ0) is 13.8. The summed E-state index contributed by atoms with van der Waals surface area (Å²) in [6, 6.07) is 5.82. The molecule has 2 rings (SSSR count).